The lowest BCUT2D eigenvalue weighted by molar-refractivity contribution is -0.134. The average molecular weight is 424 g/mol. The molecule has 2 saturated heterocycles. The highest BCUT2D eigenvalue weighted by Crippen LogP contribution is 2.23. The van der Waals surface area contributed by atoms with Gasteiger partial charge in [-0.1, -0.05) is 13.0 Å². The zero-order chi connectivity index (χ0) is 22.3. The third-order valence-corrected chi connectivity index (χ3v) is 5.80. The molecule has 0 unspecified atom stereocenters. The molecule has 10 nitrogen and oxygen atoms in total. The maximum absolute atomic E-state index is 13.4. The second kappa shape index (κ2) is 7.95. The van der Waals surface area contributed by atoms with E-state index in [0.29, 0.717) is 24.6 Å². The van der Waals surface area contributed by atoms with E-state index in [-0.39, 0.29) is 16.7 Å². The van der Waals surface area contributed by atoms with E-state index in [1.165, 1.54) is 24.6 Å². The molecular formula is C21H24N6O4. The van der Waals surface area contributed by atoms with Crippen molar-refractivity contribution in [3.8, 4) is 0 Å². The van der Waals surface area contributed by atoms with Crippen molar-refractivity contribution in [2.45, 2.75) is 6.92 Å². The highest BCUT2D eigenvalue weighted by atomic mass is 16.2. The molecule has 2 aromatic heterocycles. The third kappa shape index (κ3) is 3.48. The zero-order valence-electron chi connectivity index (χ0n) is 17.7. The molecule has 2 fully saturated rings. The molecule has 4 rings (SSSR count). The predicted octanol–water partition coefficient (Wildman–Crippen LogP) is 0.270. The Balaban J connectivity index is 1.88. The zero-order valence-corrected chi connectivity index (χ0v) is 17.7. The molecule has 0 aliphatic carbocycles. The Hall–Kier alpha value is -3.53. The summed E-state index contributed by atoms with van der Waals surface area (Å²) in [6, 6.07) is 4.53. The van der Waals surface area contributed by atoms with Crippen molar-refractivity contribution >= 4 is 35.4 Å². The van der Waals surface area contributed by atoms with Crippen molar-refractivity contribution in [1.29, 1.82) is 0 Å². The van der Waals surface area contributed by atoms with Gasteiger partial charge in [0.1, 0.15) is 17.0 Å². The van der Waals surface area contributed by atoms with Crippen LogP contribution in [-0.4, -0.2) is 88.7 Å². The second-order valence-corrected chi connectivity index (χ2v) is 7.57. The Kier molecular flexibility index (Phi) is 5.32. The van der Waals surface area contributed by atoms with Gasteiger partial charge in [-0.05, 0) is 24.8 Å². The second-order valence-electron chi connectivity index (χ2n) is 7.57. The smallest absolute Gasteiger partial charge is 0.333 e. The van der Waals surface area contributed by atoms with E-state index >= 15 is 0 Å². The van der Waals surface area contributed by atoms with Crippen LogP contribution in [0.3, 0.4) is 0 Å². The summed E-state index contributed by atoms with van der Waals surface area (Å²) in [5.41, 5.74) is 0.0106. The quantitative estimate of drug-likeness (QED) is 0.515. The molecule has 0 N–H and O–H groups in total. The fourth-order valence-electron chi connectivity index (χ4n) is 3.85. The summed E-state index contributed by atoms with van der Waals surface area (Å²) in [5, 5.41) is 0. The molecule has 0 bridgehead atoms. The van der Waals surface area contributed by atoms with Crippen LogP contribution in [-0.2, 0) is 9.59 Å². The number of hydrogen-bond donors (Lipinski definition) is 0. The third-order valence-electron chi connectivity index (χ3n) is 5.80. The molecule has 0 saturated carbocycles. The molecule has 2 aromatic rings. The van der Waals surface area contributed by atoms with Gasteiger partial charge < -0.3 is 9.80 Å². The topological polar surface area (TPSA) is 98.5 Å². The first-order valence-corrected chi connectivity index (χ1v) is 10.1. The number of carbonyl (C=O) groups excluding carboxylic acids is 3. The van der Waals surface area contributed by atoms with E-state index in [4.69, 9.17) is 0 Å². The molecular weight excluding hydrogens is 400 g/mol. The number of pyridine rings is 1. The lowest BCUT2D eigenvalue weighted by Crippen LogP contribution is -2.53. The maximum Gasteiger partial charge on any atom is 0.333 e. The number of imide groups is 2. The SMILES string of the molecule is CCN1CCN(c2nc3ccccn3c(=O)c2C=C2C(=O)N(C)C(=O)N(C)C2=O)CC1. The van der Waals surface area contributed by atoms with Gasteiger partial charge in [0.15, 0.2) is 0 Å². The molecule has 2 aliphatic rings. The molecule has 4 amide bonds. The van der Waals surface area contributed by atoms with Gasteiger partial charge in [-0.3, -0.25) is 28.6 Å². The summed E-state index contributed by atoms with van der Waals surface area (Å²) in [6.45, 7) is 6.01. The van der Waals surface area contributed by atoms with Crippen LogP contribution >= 0.6 is 0 Å². The number of anilines is 1. The van der Waals surface area contributed by atoms with E-state index < -0.39 is 17.8 Å². The first kappa shape index (κ1) is 20.7. The van der Waals surface area contributed by atoms with Crippen LogP contribution in [0.25, 0.3) is 11.7 Å². The van der Waals surface area contributed by atoms with Crippen molar-refractivity contribution in [2.75, 3.05) is 51.7 Å². The standard InChI is InChI=1S/C21H24N6O4/c1-4-25-9-11-26(12-10-25)17-14(20(30)27-8-6-5-7-16(27)22-17)13-15-18(28)23(2)21(31)24(3)19(15)29/h5-8,13H,4,9-12H2,1-3H3. The lowest BCUT2D eigenvalue weighted by atomic mass is 10.1. The molecule has 0 atom stereocenters. The van der Waals surface area contributed by atoms with Crippen LogP contribution in [0.4, 0.5) is 10.6 Å². The molecule has 0 radical (unpaired) electrons. The number of hydrogen-bond acceptors (Lipinski definition) is 7. The minimum absolute atomic E-state index is 0.154. The first-order valence-electron chi connectivity index (χ1n) is 10.1. The summed E-state index contributed by atoms with van der Waals surface area (Å²) in [5.74, 6) is -1.05. The number of rotatable bonds is 3. The summed E-state index contributed by atoms with van der Waals surface area (Å²) < 4.78 is 1.38. The Labute approximate surface area is 179 Å². The minimum Gasteiger partial charge on any atom is -0.353 e. The number of nitrogens with zero attached hydrogens (tertiary/aromatic N) is 6. The van der Waals surface area contributed by atoms with Crippen molar-refractivity contribution in [1.82, 2.24) is 24.1 Å². The number of fused-ring (bicyclic) bond motifs is 1. The van der Waals surface area contributed by atoms with Gasteiger partial charge in [0.05, 0.1) is 5.56 Å². The molecule has 10 heteroatoms. The van der Waals surface area contributed by atoms with Crippen LogP contribution in [0.1, 0.15) is 12.5 Å². The van der Waals surface area contributed by atoms with Crippen LogP contribution in [0, 0.1) is 0 Å². The largest absolute Gasteiger partial charge is 0.353 e. The van der Waals surface area contributed by atoms with Gasteiger partial charge >= 0.3 is 6.03 Å². The van der Waals surface area contributed by atoms with E-state index in [1.807, 2.05) is 4.90 Å². The van der Waals surface area contributed by atoms with Gasteiger partial charge in [0.25, 0.3) is 17.4 Å². The Bertz CT molecular complexity index is 1140. The summed E-state index contributed by atoms with van der Waals surface area (Å²) in [7, 11) is 2.61. The minimum atomic E-state index is -0.743. The lowest BCUT2D eigenvalue weighted by Gasteiger charge is -2.35. The monoisotopic (exact) mass is 424 g/mol. The van der Waals surface area contributed by atoms with Crippen molar-refractivity contribution in [3.05, 3.63) is 45.9 Å². The number of urea groups is 1. The molecule has 31 heavy (non-hydrogen) atoms. The fraction of sp³-hybridized carbons (Fsp3) is 0.381. The van der Waals surface area contributed by atoms with Crippen LogP contribution < -0.4 is 10.5 Å². The summed E-state index contributed by atoms with van der Waals surface area (Å²) in [6.07, 6.45) is 2.87. The number of aromatic nitrogens is 2. The van der Waals surface area contributed by atoms with Gasteiger partial charge in [0.2, 0.25) is 0 Å². The fourth-order valence-corrected chi connectivity index (χ4v) is 3.85. The highest BCUT2D eigenvalue weighted by molar-refractivity contribution is 6.30. The molecule has 0 spiro atoms. The molecule has 4 heterocycles. The molecule has 0 aromatic carbocycles. The number of carbonyl (C=O) groups is 3. The van der Waals surface area contributed by atoms with Crippen molar-refractivity contribution in [3.63, 3.8) is 0 Å². The van der Waals surface area contributed by atoms with Crippen molar-refractivity contribution in [2.24, 2.45) is 0 Å². The van der Waals surface area contributed by atoms with Crippen LogP contribution in [0.15, 0.2) is 34.8 Å². The number of likely N-dealkylation sites (N-methyl/N-ethyl adjacent to an activating group) is 3. The number of amides is 4. The van der Waals surface area contributed by atoms with E-state index in [2.05, 4.69) is 16.8 Å². The molecule has 162 valence electrons. The van der Waals surface area contributed by atoms with Gasteiger partial charge in [-0.25, -0.2) is 9.78 Å². The predicted molar refractivity (Wildman–Crippen MR) is 115 cm³/mol. The normalized spacial score (nSPS) is 18.4. The number of barbiturate groups is 1. The average Bonchev–Trinajstić information content (AvgIpc) is 2.80. The van der Waals surface area contributed by atoms with Crippen LogP contribution in [0.5, 0.6) is 0 Å². The summed E-state index contributed by atoms with van der Waals surface area (Å²) in [4.78, 5) is 61.5. The van der Waals surface area contributed by atoms with Gasteiger partial charge in [-0.2, -0.15) is 0 Å². The van der Waals surface area contributed by atoms with Gasteiger partial charge in [-0.15, -0.1) is 0 Å². The molecule has 2 aliphatic heterocycles. The first-order chi connectivity index (χ1) is 14.8. The van der Waals surface area contributed by atoms with E-state index in [1.54, 1.807) is 24.4 Å². The Morgan fingerprint density at radius 2 is 1.61 bits per heavy atom. The summed E-state index contributed by atoms with van der Waals surface area (Å²) >= 11 is 0. The van der Waals surface area contributed by atoms with E-state index in [0.717, 1.165) is 29.4 Å². The maximum atomic E-state index is 13.4. The van der Waals surface area contributed by atoms with Crippen molar-refractivity contribution < 1.29 is 14.4 Å². The highest BCUT2D eigenvalue weighted by Gasteiger charge is 2.38. The Morgan fingerprint density at radius 1 is 0.968 bits per heavy atom. The Morgan fingerprint density at radius 3 is 2.23 bits per heavy atom. The van der Waals surface area contributed by atoms with E-state index in [9.17, 15) is 19.2 Å². The van der Waals surface area contributed by atoms with Crippen LogP contribution in [0.2, 0.25) is 0 Å². The van der Waals surface area contributed by atoms with Gasteiger partial charge in [0, 0.05) is 46.5 Å². The number of piperazine rings is 1.